The van der Waals surface area contributed by atoms with E-state index in [9.17, 15) is 17.1 Å². The van der Waals surface area contributed by atoms with Gasteiger partial charge in [0.1, 0.15) is 0 Å². The molecule has 82 valence electrons. The number of halogens is 1. The van der Waals surface area contributed by atoms with Gasteiger partial charge in [-0.3, -0.25) is 0 Å². The molecule has 0 N–H and O–H groups in total. The Morgan fingerprint density at radius 1 is 1.53 bits per heavy atom. The minimum atomic E-state index is -4.82. The van der Waals surface area contributed by atoms with E-state index in [2.05, 4.69) is 9.72 Å². The lowest BCUT2D eigenvalue weighted by Gasteiger charge is -2.00. The monoisotopic (exact) mass is 233 g/mol. The third-order valence-electron chi connectivity index (χ3n) is 1.50. The zero-order valence-electron chi connectivity index (χ0n) is 7.81. The first kappa shape index (κ1) is 11.6. The molecule has 0 spiro atoms. The summed E-state index contributed by atoms with van der Waals surface area (Å²) in [5, 5.41) is -0.726. The molecule has 0 radical (unpaired) electrons. The SMILES string of the molecule is CCOC(=O)c1ccc(S(=O)(=O)F)nc1. The number of nitrogens with zero attached hydrogens (tertiary/aromatic N) is 1. The molecule has 0 aromatic carbocycles. The summed E-state index contributed by atoms with van der Waals surface area (Å²) in [5.74, 6) is -0.632. The van der Waals surface area contributed by atoms with Gasteiger partial charge < -0.3 is 4.74 Å². The zero-order chi connectivity index (χ0) is 11.5. The molecule has 0 fully saturated rings. The van der Waals surface area contributed by atoms with E-state index in [0.29, 0.717) is 0 Å². The summed E-state index contributed by atoms with van der Waals surface area (Å²) < 4.78 is 37.8. The average molecular weight is 233 g/mol. The number of pyridine rings is 1. The van der Waals surface area contributed by atoms with Crippen molar-refractivity contribution >= 4 is 16.2 Å². The van der Waals surface area contributed by atoms with E-state index in [-0.39, 0.29) is 12.2 Å². The summed E-state index contributed by atoms with van der Waals surface area (Å²) in [6.07, 6.45) is 0.949. The summed E-state index contributed by atoms with van der Waals surface area (Å²) in [5.41, 5.74) is 0.0734. The Hall–Kier alpha value is -1.50. The molecule has 0 amide bonds. The highest BCUT2D eigenvalue weighted by Gasteiger charge is 2.14. The summed E-state index contributed by atoms with van der Waals surface area (Å²) in [6, 6.07) is 2.04. The first-order valence-corrected chi connectivity index (χ1v) is 5.41. The first-order chi connectivity index (χ1) is 6.95. The fourth-order valence-corrected chi connectivity index (χ4v) is 1.27. The molecule has 0 aliphatic heterocycles. The van der Waals surface area contributed by atoms with Gasteiger partial charge in [-0.25, -0.2) is 9.78 Å². The van der Waals surface area contributed by atoms with Gasteiger partial charge in [-0.05, 0) is 19.1 Å². The topological polar surface area (TPSA) is 73.3 Å². The number of carbonyl (C=O) groups is 1. The van der Waals surface area contributed by atoms with Crippen LogP contribution in [0.2, 0.25) is 0 Å². The summed E-state index contributed by atoms with van der Waals surface area (Å²) >= 11 is 0. The van der Waals surface area contributed by atoms with Gasteiger partial charge >= 0.3 is 16.2 Å². The summed E-state index contributed by atoms with van der Waals surface area (Å²) in [7, 11) is -4.82. The van der Waals surface area contributed by atoms with E-state index >= 15 is 0 Å². The van der Waals surface area contributed by atoms with Crippen molar-refractivity contribution in [2.75, 3.05) is 6.61 Å². The van der Waals surface area contributed by atoms with E-state index in [1.165, 1.54) is 0 Å². The first-order valence-electron chi connectivity index (χ1n) is 4.03. The summed E-state index contributed by atoms with van der Waals surface area (Å²) in [6.45, 7) is 1.83. The van der Waals surface area contributed by atoms with E-state index in [1.54, 1.807) is 6.92 Å². The van der Waals surface area contributed by atoms with Crippen LogP contribution >= 0.6 is 0 Å². The third-order valence-corrected chi connectivity index (χ3v) is 2.24. The van der Waals surface area contributed by atoms with Gasteiger partial charge in [-0.2, -0.15) is 8.42 Å². The normalized spacial score (nSPS) is 11.1. The molecule has 0 unspecified atom stereocenters. The van der Waals surface area contributed by atoms with E-state index in [1.807, 2.05) is 0 Å². The van der Waals surface area contributed by atoms with Crippen molar-refractivity contribution < 1.29 is 21.8 Å². The van der Waals surface area contributed by atoms with Gasteiger partial charge in [0.15, 0.2) is 5.03 Å². The van der Waals surface area contributed by atoms with Crippen LogP contribution in [0.3, 0.4) is 0 Å². The predicted octanol–water partition coefficient (Wildman–Crippen LogP) is 0.917. The standard InChI is InChI=1S/C8H8FNO4S/c1-2-14-8(11)6-3-4-7(10-5-6)15(9,12)13/h3-5H,2H2,1H3. The van der Waals surface area contributed by atoms with Gasteiger partial charge in [-0.1, -0.05) is 3.89 Å². The minimum absolute atomic E-state index is 0.0734. The van der Waals surface area contributed by atoms with E-state index in [4.69, 9.17) is 0 Å². The molecule has 5 nitrogen and oxygen atoms in total. The van der Waals surface area contributed by atoms with Crippen LogP contribution in [-0.4, -0.2) is 26.0 Å². The highest BCUT2D eigenvalue weighted by molar-refractivity contribution is 7.86. The van der Waals surface area contributed by atoms with Crippen molar-refractivity contribution in [1.29, 1.82) is 0 Å². The highest BCUT2D eigenvalue weighted by Crippen LogP contribution is 2.09. The van der Waals surface area contributed by atoms with Crippen molar-refractivity contribution in [3.05, 3.63) is 23.9 Å². The number of aromatic nitrogens is 1. The Labute approximate surface area is 86.1 Å². The lowest BCUT2D eigenvalue weighted by atomic mass is 10.3. The van der Waals surface area contributed by atoms with Crippen LogP contribution in [0.5, 0.6) is 0 Å². The fourth-order valence-electron chi connectivity index (χ4n) is 0.860. The number of esters is 1. The number of rotatable bonds is 3. The Bertz CT molecular complexity index is 454. The second-order valence-electron chi connectivity index (χ2n) is 2.54. The molecular formula is C8H8FNO4S. The third kappa shape index (κ3) is 2.98. The average Bonchev–Trinajstić information content (AvgIpc) is 2.17. The molecule has 0 aliphatic rings. The molecule has 0 saturated carbocycles. The number of hydrogen-bond acceptors (Lipinski definition) is 5. The Morgan fingerprint density at radius 3 is 2.60 bits per heavy atom. The van der Waals surface area contributed by atoms with Gasteiger partial charge in [0, 0.05) is 6.20 Å². The Morgan fingerprint density at radius 2 is 2.20 bits per heavy atom. The van der Waals surface area contributed by atoms with E-state index in [0.717, 1.165) is 18.3 Å². The number of ether oxygens (including phenoxy) is 1. The smallest absolute Gasteiger partial charge is 0.349 e. The fraction of sp³-hybridized carbons (Fsp3) is 0.250. The van der Waals surface area contributed by atoms with Crippen molar-refractivity contribution in [2.45, 2.75) is 11.9 Å². The van der Waals surface area contributed by atoms with Crippen molar-refractivity contribution in [3.63, 3.8) is 0 Å². The lowest BCUT2D eigenvalue weighted by molar-refractivity contribution is 0.0525. The van der Waals surface area contributed by atoms with Crippen molar-refractivity contribution in [1.82, 2.24) is 4.98 Å². The van der Waals surface area contributed by atoms with Gasteiger partial charge in [0.2, 0.25) is 0 Å². The molecule has 0 saturated heterocycles. The molecule has 1 aromatic rings. The maximum absolute atomic E-state index is 12.4. The molecule has 7 heteroatoms. The number of hydrogen-bond donors (Lipinski definition) is 0. The molecule has 1 heterocycles. The predicted molar refractivity (Wildman–Crippen MR) is 48.5 cm³/mol. The molecular weight excluding hydrogens is 225 g/mol. The Kier molecular flexibility index (Phi) is 3.35. The largest absolute Gasteiger partial charge is 0.462 e. The molecule has 15 heavy (non-hydrogen) atoms. The molecule has 0 aliphatic carbocycles. The van der Waals surface area contributed by atoms with Gasteiger partial charge in [0.05, 0.1) is 12.2 Å². The zero-order valence-corrected chi connectivity index (χ0v) is 8.62. The number of carbonyl (C=O) groups excluding carboxylic acids is 1. The highest BCUT2D eigenvalue weighted by atomic mass is 32.3. The van der Waals surface area contributed by atoms with Gasteiger partial charge in [0.25, 0.3) is 0 Å². The lowest BCUT2D eigenvalue weighted by Crippen LogP contribution is -2.06. The van der Waals surface area contributed by atoms with Crippen LogP contribution in [0.15, 0.2) is 23.4 Å². The second-order valence-corrected chi connectivity index (χ2v) is 3.84. The van der Waals surface area contributed by atoms with E-state index < -0.39 is 21.2 Å². The van der Waals surface area contributed by atoms with Crippen molar-refractivity contribution in [2.24, 2.45) is 0 Å². The van der Waals surface area contributed by atoms with Crippen LogP contribution in [0.25, 0.3) is 0 Å². The van der Waals surface area contributed by atoms with Crippen LogP contribution in [0, 0.1) is 0 Å². The van der Waals surface area contributed by atoms with Crippen molar-refractivity contribution in [3.8, 4) is 0 Å². The minimum Gasteiger partial charge on any atom is -0.462 e. The van der Waals surface area contributed by atoms with Crippen LogP contribution in [0.1, 0.15) is 17.3 Å². The Balaban J connectivity index is 2.96. The maximum atomic E-state index is 12.4. The van der Waals surface area contributed by atoms with Crippen LogP contribution < -0.4 is 0 Å². The van der Waals surface area contributed by atoms with Gasteiger partial charge in [-0.15, -0.1) is 0 Å². The molecule has 1 aromatic heterocycles. The maximum Gasteiger partial charge on any atom is 0.349 e. The molecule has 1 rings (SSSR count). The second kappa shape index (κ2) is 4.35. The molecule has 0 bridgehead atoms. The summed E-state index contributed by atoms with van der Waals surface area (Å²) in [4.78, 5) is 14.4. The molecule has 0 atom stereocenters. The van der Waals surface area contributed by atoms with Crippen LogP contribution in [-0.2, 0) is 15.0 Å². The van der Waals surface area contributed by atoms with Crippen LogP contribution in [0.4, 0.5) is 3.89 Å². The quantitative estimate of drug-likeness (QED) is 0.573.